The molecule has 15 nitrogen and oxygen atoms in total. The second kappa shape index (κ2) is 22.2. The van der Waals surface area contributed by atoms with Crippen molar-refractivity contribution in [2.45, 2.75) is 120 Å². The van der Waals surface area contributed by atoms with Crippen molar-refractivity contribution in [2.75, 3.05) is 43.7 Å². The minimum atomic E-state index is -2.29. The number of anilines is 2. The first kappa shape index (κ1) is 42.6. The van der Waals surface area contributed by atoms with E-state index in [0.717, 1.165) is 35.5 Å². The Morgan fingerprint density at radius 2 is 1.02 bits per heavy atom. The van der Waals surface area contributed by atoms with Gasteiger partial charge in [-0.2, -0.15) is 0 Å². The summed E-state index contributed by atoms with van der Waals surface area (Å²) in [5.41, 5.74) is -0.134. The van der Waals surface area contributed by atoms with Gasteiger partial charge in [-0.25, -0.2) is 0 Å². The highest BCUT2D eigenvalue weighted by Crippen LogP contribution is 2.34. The molecule has 8 atom stereocenters. The van der Waals surface area contributed by atoms with Gasteiger partial charge in [-0.15, -0.1) is 0 Å². The number of unbranched alkanes of at least 4 members (excludes halogenated alkanes) is 9. The van der Waals surface area contributed by atoms with Crippen LogP contribution in [0.1, 0.15) is 71.1 Å². The lowest BCUT2D eigenvalue weighted by atomic mass is 10.0. The fourth-order valence-corrected chi connectivity index (χ4v) is 4.90. The highest BCUT2D eigenvalue weighted by atomic mass is 16.5. The number of aliphatic hydroxyl groups is 10. The van der Waals surface area contributed by atoms with E-state index in [1.807, 2.05) is 0 Å². The van der Waals surface area contributed by atoms with Crippen molar-refractivity contribution in [3.8, 4) is 5.75 Å². The predicted octanol–water partition coefficient (Wildman–Crippen LogP) is -1.22. The molecular weight excluding hydrogens is 620 g/mol. The molecule has 0 spiro atoms. The van der Waals surface area contributed by atoms with Crippen molar-refractivity contribution >= 4 is 23.2 Å². The van der Waals surface area contributed by atoms with Gasteiger partial charge in [0.2, 0.25) is 0 Å². The highest BCUT2D eigenvalue weighted by Gasteiger charge is 2.38. The maximum Gasteiger partial charge on any atom is 0.258 e. The second-order valence-electron chi connectivity index (χ2n) is 11.8. The Bertz CT molecular complexity index is 1050. The molecular formula is C32H56N2O13. The minimum absolute atomic E-state index is 0.0572. The van der Waals surface area contributed by atoms with Gasteiger partial charge >= 0.3 is 0 Å². The molecule has 0 aliphatic carbocycles. The molecule has 0 aliphatic heterocycles. The summed E-state index contributed by atoms with van der Waals surface area (Å²) in [5, 5.41) is 98.7. The predicted molar refractivity (Wildman–Crippen MR) is 173 cm³/mol. The number of likely N-dealkylation sites (N-methyl/N-ethyl adjacent to an activating group) is 2. The summed E-state index contributed by atoms with van der Waals surface area (Å²) in [4.78, 5) is 28.0. The summed E-state index contributed by atoms with van der Waals surface area (Å²) < 4.78 is 5.86. The fourth-order valence-electron chi connectivity index (χ4n) is 4.90. The zero-order chi connectivity index (χ0) is 35.7. The van der Waals surface area contributed by atoms with Gasteiger partial charge in [-0.05, 0) is 18.6 Å². The molecule has 1 aromatic rings. The van der Waals surface area contributed by atoms with Crippen LogP contribution in [-0.4, -0.2) is 146 Å². The van der Waals surface area contributed by atoms with Crippen LogP contribution >= 0.6 is 0 Å². The van der Waals surface area contributed by atoms with E-state index in [0.29, 0.717) is 6.61 Å². The molecule has 47 heavy (non-hydrogen) atoms. The van der Waals surface area contributed by atoms with Crippen LogP contribution in [0.3, 0.4) is 0 Å². The van der Waals surface area contributed by atoms with Gasteiger partial charge in [0.1, 0.15) is 42.4 Å². The third-order valence-corrected chi connectivity index (χ3v) is 8.11. The van der Waals surface area contributed by atoms with Crippen LogP contribution in [0.2, 0.25) is 0 Å². The molecule has 2 amide bonds. The van der Waals surface area contributed by atoms with E-state index in [1.54, 1.807) is 0 Å². The molecule has 0 aliphatic rings. The van der Waals surface area contributed by atoms with Crippen LogP contribution < -0.4 is 14.5 Å². The molecule has 0 heterocycles. The number of benzene rings is 1. The SMILES string of the molecule is CCCCCCCCCCCCOc1ccc(N(C)C(=O)[C@H](O)[C@@H](O)[C@H](O)[C@H](O)CO)c(N(C)C(=O)[C@H](O)[C@@H](O)[C@H](O)[C@H](O)CO)c1. The van der Waals surface area contributed by atoms with Gasteiger partial charge in [-0.3, -0.25) is 9.59 Å². The van der Waals surface area contributed by atoms with E-state index in [2.05, 4.69) is 6.92 Å². The van der Waals surface area contributed by atoms with Crippen molar-refractivity contribution in [1.82, 2.24) is 0 Å². The molecule has 1 aromatic carbocycles. The third-order valence-electron chi connectivity index (χ3n) is 8.11. The van der Waals surface area contributed by atoms with Gasteiger partial charge in [0.15, 0.2) is 12.2 Å². The average Bonchev–Trinajstić information content (AvgIpc) is 3.09. The number of nitrogens with zero attached hydrogens (tertiary/aromatic N) is 2. The Morgan fingerprint density at radius 3 is 1.45 bits per heavy atom. The molecule has 0 bridgehead atoms. The Kier molecular flexibility index (Phi) is 20.2. The molecule has 0 radical (unpaired) electrons. The number of amides is 2. The molecule has 272 valence electrons. The van der Waals surface area contributed by atoms with Gasteiger partial charge in [0.25, 0.3) is 11.8 Å². The Labute approximate surface area is 276 Å². The Balaban J connectivity index is 3.14. The quantitative estimate of drug-likeness (QED) is 0.0578. The lowest BCUT2D eigenvalue weighted by Gasteiger charge is -2.32. The second-order valence-corrected chi connectivity index (χ2v) is 11.8. The van der Waals surface area contributed by atoms with Crippen molar-refractivity contribution in [1.29, 1.82) is 0 Å². The van der Waals surface area contributed by atoms with E-state index in [1.165, 1.54) is 70.8 Å². The summed E-state index contributed by atoms with van der Waals surface area (Å²) in [7, 11) is 2.37. The number of carbonyl (C=O) groups is 2. The van der Waals surface area contributed by atoms with Gasteiger partial charge in [0, 0.05) is 20.2 Å². The number of hydrogen-bond donors (Lipinski definition) is 10. The zero-order valence-corrected chi connectivity index (χ0v) is 27.6. The zero-order valence-electron chi connectivity index (χ0n) is 27.6. The van der Waals surface area contributed by atoms with Gasteiger partial charge in [0.05, 0.1) is 31.2 Å². The first-order chi connectivity index (χ1) is 22.2. The first-order valence-corrected chi connectivity index (χ1v) is 16.2. The normalized spacial score (nSPS) is 16.8. The average molecular weight is 677 g/mol. The van der Waals surface area contributed by atoms with E-state index >= 15 is 0 Å². The summed E-state index contributed by atoms with van der Waals surface area (Å²) in [6.45, 7) is 0.616. The molecule has 0 saturated carbocycles. The number of aliphatic hydroxyl groups excluding tert-OH is 10. The van der Waals surface area contributed by atoms with Crippen LogP contribution in [-0.2, 0) is 9.59 Å². The van der Waals surface area contributed by atoms with Crippen LogP contribution in [0, 0.1) is 0 Å². The van der Waals surface area contributed by atoms with Crippen molar-refractivity contribution in [3.05, 3.63) is 18.2 Å². The largest absolute Gasteiger partial charge is 0.494 e. The molecule has 0 fully saturated rings. The molecule has 0 saturated heterocycles. The van der Waals surface area contributed by atoms with E-state index in [-0.39, 0.29) is 17.1 Å². The van der Waals surface area contributed by atoms with E-state index in [4.69, 9.17) is 14.9 Å². The maximum atomic E-state index is 13.2. The summed E-state index contributed by atoms with van der Waals surface area (Å²) in [5.74, 6) is -2.09. The van der Waals surface area contributed by atoms with Gasteiger partial charge < -0.3 is 65.6 Å². The molecule has 0 aromatic heterocycles. The molecule has 15 heteroatoms. The number of carbonyl (C=O) groups excluding carboxylic acids is 2. The summed E-state index contributed by atoms with van der Waals surface area (Å²) in [6, 6.07) is 4.20. The van der Waals surface area contributed by atoms with Crippen LogP contribution in [0.25, 0.3) is 0 Å². The van der Waals surface area contributed by atoms with E-state index < -0.39 is 73.9 Å². The fraction of sp³-hybridized carbons (Fsp3) is 0.750. The van der Waals surface area contributed by atoms with Crippen molar-refractivity contribution in [2.24, 2.45) is 0 Å². The van der Waals surface area contributed by atoms with E-state index in [9.17, 15) is 50.4 Å². The van der Waals surface area contributed by atoms with Crippen LogP contribution in [0.4, 0.5) is 11.4 Å². The van der Waals surface area contributed by atoms with Crippen LogP contribution in [0.5, 0.6) is 5.75 Å². The minimum Gasteiger partial charge on any atom is -0.494 e. The van der Waals surface area contributed by atoms with Gasteiger partial charge in [-0.1, -0.05) is 64.7 Å². The van der Waals surface area contributed by atoms with Crippen molar-refractivity contribution in [3.63, 3.8) is 0 Å². The maximum absolute atomic E-state index is 13.2. The number of rotatable bonds is 24. The summed E-state index contributed by atoms with van der Waals surface area (Å²) in [6.07, 6.45) is -5.53. The van der Waals surface area contributed by atoms with Crippen LogP contribution in [0.15, 0.2) is 18.2 Å². The number of hydrogen-bond acceptors (Lipinski definition) is 13. The summed E-state index contributed by atoms with van der Waals surface area (Å²) >= 11 is 0. The lowest BCUT2D eigenvalue weighted by molar-refractivity contribution is -0.146. The molecule has 10 N–H and O–H groups in total. The monoisotopic (exact) mass is 676 g/mol. The third kappa shape index (κ3) is 13.2. The first-order valence-electron chi connectivity index (χ1n) is 16.2. The Hall–Kier alpha value is -2.44. The number of ether oxygens (including phenoxy) is 1. The molecule has 0 unspecified atom stereocenters. The smallest absolute Gasteiger partial charge is 0.258 e. The lowest BCUT2D eigenvalue weighted by Crippen LogP contribution is -2.53. The topological polar surface area (TPSA) is 252 Å². The molecule has 1 rings (SSSR count). The highest BCUT2D eigenvalue weighted by molar-refractivity contribution is 6.04. The standard InChI is InChI=1S/C32H56N2O13/c1-4-5-6-7-8-9-10-11-12-13-16-47-20-14-15-21(33(2)31(45)29(43)27(41)25(39)23(37)18-35)22(17-20)34(3)32(46)30(44)28(42)26(40)24(38)19-36/h14-15,17,23-30,35-44H,4-13,16,18-19H2,1-3H3/t23-,24-,25-,26-,27+,28+,29-,30-/m1/s1. The Morgan fingerprint density at radius 1 is 0.617 bits per heavy atom. The van der Waals surface area contributed by atoms with Crippen molar-refractivity contribution < 1.29 is 65.4 Å².